The van der Waals surface area contributed by atoms with Gasteiger partial charge in [-0.3, -0.25) is 9.59 Å². The van der Waals surface area contributed by atoms with E-state index in [-0.39, 0.29) is 11.8 Å². The molecule has 0 spiro atoms. The van der Waals surface area contributed by atoms with Crippen LogP contribution in [0.1, 0.15) is 32.6 Å². The van der Waals surface area contributed by atoms with Crippen molar-refractivity contribution in [3.8, 4) is 0 Å². The predicted molar refractivity (Wildman–Crippen MR) is 115 cm³/mol. The van der Waals surface area contributed by atoms with Crippen LogP contribution in [0.4, 0.5) is 5.69 Å². The van der Waals surface area contributed by atoms with Crippen molar-refractivity contribution in [3.05, 3.63) is 101 Å². The van der Waals surface area contributed by atoms with Crippen LogP contribution in [0.2, 0.25) is 0 Å². The number of amides is 2. The van der Waals surface area contributed by atoms with E-state index in [1.54, 1.807) is 4.90 Å². The van der Waals surface area contributed by atoms with Gasteiger partial charge in [-0.1, -0.05) is 60.7 Å². The second kappa shape index (κ2) is 7.92. The molecule has 29 heavy (non-hydrogen) atoms. The van der Waals surface area contributed by atoms with Crippen LogP contribution in [0.15, 0.2) is 72.8 Å². The smallest absolute Gasteiger partial charge is 0.255 e. The minimum Gasteiger partial charge on any atom is -0.324 e. The predicted octanol–water partition coefficient (Wildman–Crippen LogP) is 4.51. The molecule has 2 amide bonds. The van der Waals surface area contributed by atoms with Crippen molar-refractivity contribution in [2.75, 3.05) is 5.32 Å². The quantitative estimate of drug-likeness (QED) is 0.704. The zero-order chi connectivity index (χ0) is 20.4. The molecule has 146 valence electrons. The molecule has 0 bridgehead atoms. The van der Waals surface area contributed by atoms with Gasteiger partial charge in [-0.05, 0) is 48.2 Å². The first-order valence-corrected chi connectivity index (χ1v) is 9.84. The van der Waals surface area contributed by atoms with E-state index in [4.69, 9.17) is 0 Å². The molecule has 0 aromatic heterocycles. The van der Waals surface area contributed by atoms with Crippen LogP contribution < -0.4 is 5.32 Å². The molecule has 4 heteroatoms. The Bertz CT molecular complexity index is 1060. The number of anilines is 1. The summed E-state index contributed by atoms with van der Waals surface area (Å²) < 4.78 is 0. The van der Waals surface area contributed by atoms with Gasteiger partial charge in [0.15, 0.2) is 0 Å². The molecule has 0 aliphatic carbocycles. The van der Waals surface area contributed by atoms with Crippen molar-refractivity contribution in [1.29, 1.82) is 0 Å². The van der Waals surface area contributed by atoms with Gasteiger partial charge < -0.3 is 10.2 Å². The lowest BCUT2D eigenvalue weighted by atomic mass is 10.0. The van der Waals surface area contributed by atoms with Crippen molar-refractivity contribution in [3.63, 3.8) is 0 Å². The number of nitrogens with zero attached hydrogens (tertiary/aromatic N) is 1. The highest BCUT2D eigenvalue weighted by molar-refractivity contribution is 6.03. The van der Waals surface area contributed by atoms with Gasteiger partial charge >= 0.3 is 0 Å². The Labute approximate surface area is 171 Å². The van der Waals surface area contributed by atoms with Crippen LogP contribution in [-0.2, 0) is 17.8 Å². The monoisotopic (exact) mass is 384 g/mol. The summed E-state index contributed by atoms with van der Waals surface area (Å²) in [7, 11) is 0. The molecule has 0 saturated carbocycles. The summed E-state index contributed by atoms with van der Waals surface area (Å²) in [5.74, 6) is -0.249. The third kappa shape index (κ3) is 3.92. The summed E-state index contributed by atoms with van der Waals surface area (Å²) in [6.45, 7) is 4.42. The largest absolute Gasteiger partial charge is 0.324 e. The maximum absolute atomic E-state index is 13.4. The molecule has 0 saturated heterocycles. The minimum absolute atomic E-state index is 0.0855. The first-order chi connectivity index (χ1) is 14.0. The number of nitrogens with one attached hydrogen (secondary N) is 1. The summed E-state index contributed by atoms with van der Waals surface area (Å²) in [5, 5.41) is 3.06. The molecule has 0 fully saturated rings. The van der Waals surface area contributed by atoms with Gasteiger partial charge in [0.2, 0.25) is 5.91 Å². The summed E-state index contributed by atoms with van der Waals surface area (Å²) in [5.41, 5.74) is 5.54. The van der Waals surface area contributed by atoms with Gasteiger partial charge in [0, 0.05) is 24.2 Å². The van der Waals surface area contributed by atoms with Crippen molar-refractivity contribution >= 4 is 17.5 Å². The van der Waals surface area contributed by atoms with Crippen LogP contribution >= 0.6 is 0 Å². The highest BCUT2D eigenvalue weighted by atomic mass is 16.2. The average molecular weight is 384 g/mol. The van der Waals surface area contributed by atoms with Crippen LogP contribution in [-0.4, -0.2) is 22.8 Å². The molecule has 1 heterocycles. The molecule has 3 aromatic carbocycles. The Balaban J connectivity index is 1.65. The van der Waals surface area contributed by atoms with Crippen molar-refractivity contribution in [2.45, 2.75) is 32.9 Å². The van der Waals surface area contributed by atoms with Crippen molar-refractivity contribution < 1.29 is 9.59 Å². The van der Waals surface area contributed by atoms with E-state index in [2.05, 4.69) is 5.32 Å². The molecule has 4 nitrogen and oxygen atoms in total. The van der Waals surface area contributed by atoms with Crippen LogP contribution in [0.25, 0.3) is 0 Å². The fourth-order valence-corrected chi connectivity index (χ4v) is 3.80. The average Bonchev–Trinajstić information content (AvgIpc) is 3.06. The fourth-order valence-electron chi connectivity index (χ4n) is 3.80. The topological polar surface area (TPSA) is 49.4 Å². The van der Waals surface area contributed by atoms with Crippen LogP contribution in [0, 0.1) is 13.8 Å². The minimum atomic E-state index is -0.586. The van der Waals surface area contributed by atoms with Gasteiger partial charge in [-0.25, -0.2) is 0 Å². The molecule has 1 aliphatic rings. The highest BCUT2D eigenvalue weighted by Gasteiger charge is 2.36. The number of fused-ring (bicyclic) bond motifs is 1. The Morgan fingerprint density at radius 1 is 1.00 bits per heavy atom. The second-order valence-electron chi connectivity index (χ2n) is 7.60. The lowest BCUT2D eigenvalue weighted by Gasteiger charge is -2.27. The fraction of sp³-hybridized carbons (Fsp3) is 0.200. The van der Waals surface area contributed by atoms with Crippen LogP contribution in [0.5, 0.6) is 0 Å². The van der Waals surface area contributed by atoms with E-state index in [1.807, 2.05) is 86.6 Å². The van der Waals surface area contributed by atoms with Gasteiger partial charge in [0.05, 0.1) is 0 Å². The van der Waals surface area contributed by atoms with Crippen molar-refractivity contribution in [2.24, 2.45) is 0 Å². The number of hydrogen-bond acceptors (Lipinski definition) is 2. The van der Waals surface area contributed by atoms with Crippen LogP contribution in [0.3, 0.4) is 0 Å². The summed E-state index contributed by atoms with van der Waals surface area (Å²) in [6.07, 6.45) is 0.470. The second-order valence-corrected chi connectivity index (χ2v) is 7.60. The van der Waals surface area contributed by atoms with E-state index in [1.165, 1.54) is 0 Å². The van der Waals surface area contributed by atoms with E-state index < -0.39 is 6.04 Å². The molecular weight excluding hydrogens is 360 g/mol. The number of benzene rings is 3. The SMILES string of the molecule is Cc1ccc(C)c(NC(=O)[C@H](Cc2ccccc2)N2Cc3ccccc3C2=O)c1. The zero-order valence-electron chi connectivity index (χ0n) is 16.7. The first-order valence-electron chi connectivity index (χ1n) is 9.84. The first kappa shape index (κ1) is 18.9. The highest BCUT2D eigenvalue weighted by Crippen LogP contribution is 2.27. The zero-order valence-corrected chi connectivity index (χ0v) is 16.7. The van der Waals surface area contributed by atoms with Gasteiger partial charge in [0.25, 0.3) is 5.91 Å². The number of carbonyl (C=O) groups is 2. The molecule has 3 aromatic rings. The van der Waals surface area contributed by atoms with E-state index in [0.717, 1.165) is 27.9 Å². The lowest BCUT2D eigenvalue weighted by molar-refractivity contribution is -0.120. The summed E-state index contributed by atoms with van der Waals surface area (Å²) in [6, 6.07) is 22.8. The molecule has 4 rings (SSSR count). The van der Waals surface area contributed by atoms with E-state index in [9.17, 15) is 9.59 Å². The summed E-state index contributed by atoms with van der Waals surface area (Å²) >= 11 is 0. The third-order valence-electron chi connectivity index (χ3n) is 5.45. The maximum atomic E-state index is 13.4. The molecule has 0 unspecified atom stereocenters. The number of hydrogen-bond donors (Lipinski definition) is 1. The Morgan fingerprint density at radius 3 is 2.48 bits per heavy atom. The molecule has 0 radical (unpaired) electrons. The Kier molecular flexibility index (Phi) is 5.17. The van der Waals surface area contributed by atoms with Gasteiger partial charge in [-0.15, -0.1) is 0 Å². The molecule has 1 aliphatic heterocycles. The van der Waals surface area contributed by atoms with Gasteiger partial charge in [-0.2, -0.15) is 0 Å². The van der Waals surface area contributed by atoms with E-state index >= 15 is 0 Å². The third-order valence-corrected chi connectivity index (χ3v) is 5.45. The maximum Gasteiger partial charge on any atom is 0.255 e. The van der Waals surface area contributed by atoms with Gasteiger partial charge in [0.1, 0.15) is 6.04 Å². The number of rotatable bonds is 5. The van der Waals surface area contributed by atoms with E-state index in [0.29, 0.717) is 18.5 Å². The lowest BCUT2D eigenvalue weighted by Crippen LogP contribution is -2.45. The molecular formula is C25H24N2O2. The normalized spacial score (nSPS) is 13.9. The van der Waals surface area contributed by atoms with Crippen molar-refractivity contribution in [1.82, 2.24) is 4.90 Å². The number of carbonyl (C=O) groups excluding carboxylic acids is 2. The Hall–Kier alpha value is -3.40. The number of aryl methyl sites for hydroxylation is 2. The molecule has 1 atom stereocenters. The summed E-state index contributed by atoms with van der Waals surface area (Å²) in [4.78, 5) is 28.1. The standard InChI is InChI=1S/C25H24N2O2/c1-17-12-13-18(2)22(14-17)26-24(28)23(15-19-8-4-3-5-9-19)27-16-20-10-6-7-11-21(20)25(27)29/h3-14,23H,15-16H2,1-2H3,(H,26,28)/t23-/m0/s1. The molecule has 1 N–H and O–H groups in total. The Morgan fingerprint density at radius 2 is 1.72 bits per heavy atom.